The molecule has 0 atom stereocenters. The molecule has 2 rings (SSSR count). The van der Waals surface area contributed by atoms with E-state index in [1.807, 2.05) is 24.7 Å². The van der Waals surface area contributed by atoms with Gasteiger partial charge >= 0.3 is 0 Å². The van der Waals surface area contributed by atoms with Crippen molar-refractivity contribution in [2.45, 2.75) is 20.3 Å². The van der Waals surface area contributed by atoms with Gasteiger partial charge in [-0.2, -0.15) is 5.10 Å². The van der Waals surface area contributed by atoms with Crippen LogP contribution in [0, 0.1) is 13.8 Å². The van der Waals surface area contributed by atoms with Crippen molar-refractivity contribution < 1.29 is 4.74 Å². The molecule has 0 aliphatic carbocycles. The Labute approximate surface area is 114 Å². The van der Waals surface area contributed by atoms with Gasteiger partial charge in [-0.05, 0) is 43.7 Å². The standard InChI is InChI=1S/C15H21N3O/c1-10-9-12(5-6-14(10)19-4)15-11(2)17-18(3)13(15)7-8-16/h5-6,9H,7-8,16H2,1-4H3. The lowest BCUT2D eigenvalue weighted by Crippen LogP contribution is -2.08. The van der Waals surface area contributed by atoms with Gasteiger partial charge in [-0.25, -0.2) is 0 Å². The topological polar surface area (TPSA) is 53.1 Å². The Hall–Kier alpha value is -1.81. The Kier molecular flexibility index (Phi) is 3.90. The third kappa shape index (κ3) is 2.49. The Balaban J connectivity index is 2.55. The fraction of sp³-hybridized carbons (Fsp3) is 0.400. The van der Waals surface area contributed by atoms with Gasteiger partial charge in [-0.1, -0.05) is 6.07 Å². The first-order chi connectivity index (χ1) is 9.08. The smallest absolute Gasteiger partial charge is 0.121 e. The van der Waals surface area contributed by atoms with Crippen LogP contribution in [0.4, 0.5) is 0 Å². The van der Waals surface area contributed by atoms with Crippen LogP contribution in [0.1, 0.15) is 17.0 Å². The number of nitrogens with two attached hydrogens (primary N) is 1. The average Bonchev–Trinajstić information content (AvgIpc) is 2.65. The Bertz CT molecular complexity index is 587. The number of hydrogen-bond acceptors (Lipinski definition) is 3. The van der Waals surface area contributed by atoms with Gasteiger partial charge in [0.05, 0.1) is 12.8 Å². The highest BCUT2D eigenvalue weighted by atomic mass is 16.5. The van der Waals surface area contributed by atoms with E-state index in [0.717, 1.165) is 23.4 Å². The minimum Gasteiger partial charge on any atom is -0.496 e. The van der Waals surface area contributed by atoms with Gasteiger partial charge in [0.2, 0.25) is 0 Å². The highest BCUT2D eigenvalue weighted by Gasteiger charge is 2.15. The summed E-state index contributed by atoms with van der Waals surface area (Å²) >= 11 is 0. The Morgan fingerprint density at radius 2 is 2.05 bits per heavy atom. The van der Waals surface area contributed by atoms with Crippen molar-refractivity contribution in [1.29, 1.82) is 0 Å². The molecule has 0 unspecified atom stereocenters. The number of rotatable bonds is 4. The summed E-state index contributed by atoms with van der Waals surface area (Å²) in [6.45, 7) is 4.71. The molecular formula is C15H21N3O. The van der Waals surface area contributed by atoms with Gasteiger partial charge in [-0.15, -0.1) is 0 Å². The lowest BCUT2D eigenvalue weighted by atomic mass is 9.99. The second-order valence-electron chi connectivity index (χ2n) is 4.75. The van der Waals surface area contributed by atoms with Crippen LogP contribution in [0.5, 0.6) is 5.75 Å². The van der Waals surface area contributed by atoms with Crippen LogP contribution in [-0.4, -0.2) is 23.4 Å². The third-order valence-electron chi connectivity index (χ3n) is 3.41. The van der Waals surface area contributed by atoms with Crippen LogP contribution in [0.3, 0.4) is 0 Å². The van der Waals surface area contributed by atoms with Gasteiger partial charge in [0.15, 0.2) is 0 Å². The summed E-state index contributed by atoms with van der Waals surface area (Å²) in [5.74, 6) is 0.908. The second kappa shape index (κ2) is 5.45. The van der Waals surface area contributed by atoms with E-state index in [-0.39, 0.29) is 0 Å². The van der Waals surface area contributed by atoms with Crippen LogP contribution in [0.2, 0.25) is 0 Å². The van der Waals surface area contributed by atoms with E-state index in [1.165, 1.54) is 16.8 Å². The molecule has 0 aliphatic rings. The fourth-order valence-electron chi connectivity index (χ4n) is 2.54. The van der Waals surface area contributed by atoms with Crippen molar-refractivity contribution in [3.05, 3.63) is 35.2 Å². The Morgan fingerprint density at radius 3 is 2.63 bits per heavy atom. The zero-order valence-electron chi connectivity index (χ0n) is 12.0. The first-order valence-corrected chi connectivity index (χ1v) is 6.46. The lowest BCUT2D eigenvalue weighted by Gasteiger charge is -2.09. The zero-order valence-corrected chi connectivity index (χ0v) is 12.0. The monoisotopic (exact) mass is 259 g/mol. The third-order valence-corrected chi connectivity index (χ3v) is 3.41. The van der Waals surface area contributed by atoms with E-state index in [2.05, 4.69) is 24.2 Å². The molecule has 102 valence electrons. The number of nitrogens with zero attached hydrogens (tertiary/aromatic N) is 2. The maximum absolute atomic E-state index is 5.70. The van der Waals surface area contributed by atoms with Crippen molar-refractivity contribution in [2.75, 3.05) is 13.7 Å². The maximum Gasteiger partial charge on any atom is 0.121 e. The first kappa shape index (κ1) is 13.6. The minimum absolute atomic E-state index is 0.626. The van der Waals surface area contributed by atoms with Crippen molar-refractivity contribution in [1.82, 2.24) is 9.78 Å². The van der Waals surface area contributed by atoms with Gasteiger partial charge in [0, 0.05) is 24.7 Å². The largest absolute Gasteiger partial charge is 0.496 e. The van der Waals surface area contributed by atoms with Gasteiger partial charge in [0.25, 0.3) is 0 Å². The molecule has 0 saturated carbocycles. The summed E-state index contributed by atoms with van der Waals surface area (Å²) in [5.41, 5.74) is 11.4. The molecule has 0 aliphatic heterocycles. The van der Waals surface area contributed by atoms with Crippen molar-refractivity contribution in [3.8, 4) is 16.9 Å². The lowest BCUT2D eigenvalue weighted by molar-refractivity contribution is 0.412. The van der Waals surface area contributed by atoms with E-state index >= 15 is 0 Å². The second-order valence-corrected chi connectivity index (χ2v) is 4.75. The average molecular weight is 259 g/mol. The first-order valence-electron chi connectivity index (χ1n) is 6.46. The molecular weight excluding hydrogens is 238 g/mol. The molecule has 0 fully saturated rings. The Morgan fingerprint density at radius 1 is 1.32 bits per heavy atom. The van der Waals surface area contributed by atoms with Crippen molar-refractivity contribution >= 4 is 0 Å². The normalized spacial score (nSPS) is 10.8. The van der Waals surface area contributed by atoms with E-state index in [1.54, 1.807) is 7.11 Å². The highest BCUT2D eigenvalue weighted by molar-refractivity contribution is 5.70. The summed E-state index contributed by atoms with van der Waals surface area (Å²) in [7, 11) is 3.66. The van der Waals surface area contributed by atoms with Crippen LogP contribution in [0.25, 0.3) is 11.1 Å². The van der Waals surface area contributed by atoms with Crippen LogP contribution >= 0.6 is 0 Å². The summed E-state index contributed by atoms with van der Waals surface area (Å²) < 4.78 is 7.24. The molecule has 0 amide bonds. The van der Waals surface area contributed by atoms with E-state index in [9.17, 15) is 0 Å². The predicted molar refractivity (Wildman–Crippen MR) is 77.4 cm³/mol. The molecule has 1 aromatic heterocycles. The van der Waals surface area contributed by atoms with Gasteiger partial charge in [0.1, 0.15) is 5.75 Å². The highest BCUT2D eigenvalue weighted by Crippen LogP contribution is 2.30. The molecule has 19 heavy (non-hydrogen) atoms. The molecule has 0 saturated heterocycles. The number of aryl methyl sites for hydroxylation is 3. The molecule has 1 heterocycles. The van der Waals surface area contributed by atoms with Crippen molar-refractivity contribution in [3.63, 3.8) is 0 Å². The van der Waals surface area contributed by atoms with E-state index < -0.39 is 0 Å². The van der Waals surface area contributed by atoms with Crippen LogP contribution < -0.4 is 10.5 Å². The SMILES string of the molecule is COc1ccc(-c2c(C)nn(C)c2CCN)cc1C. The summed E-state index contributed by atoms with van der Waals surface area (Å²) in [5, 5.41) is 4.51. The predicted octanol–water partition coefficient (Wildman–Crippen LogP) is 2.21. The van der Waals surface area contributed by atoms with Crippen LogP contribution in [-0.2, 0) is 13.5 Å². The van der Waals surface area contributed by atoms with E-state index in [4.69, 9.17) is 10.5 Å². The number of ether oxygens (including phenoxy) is 1. The maximum atomic E-state index is 5.70. The molecule has 4 heteroatoms. The van der Waals surface area contributed by atoms with Gasteiger partial charge < -0.3 is 10.5 Å². The van der Waals surface area contributed by atoms with E-state index in [0.29, 0.717) is 6.54 Å². The van der Waals surface area contributed by atoms with Crippen molar-refractivity contribution in [2.24, 2.45) is 12.8 Å². The molecule has 2 aromatic rings. The summed E-state index contributed by atoms with van der Waals surface area (Å²) in [6.07, 6.45) is 0.831. The molecule has 2 N–H and O–H groups in total. The molecule has 0 spiro atoms. The zero-order chi connectivity index (χ0) is 14.0. The number of methoxy groups -OCH3 is 1. The molecule has 1 aromatic carbocycles. The molecule has 4 nitrogen and oxygen atoms in total. The fourth-order valence-corrected chi connectivity index (χ4v) is 2.54. The molecule has 0 bridgehead atoms. The summed E-state index contributed by atoms with van der Waals surface area (Å²) in [6, 6.07) is 6.22. The van der Waals surface area contributed by atoms with Gasteiger partial charge in [-0.3, -0.25) is 4.68 Å². The minimum atomic E-state index is 0.626. The van der Waals surface area contributed by atoms with Crippen LogP contribution in [0.15, 0.2) is 18.2 Å². The number of hydrogen-bond donors (Lipinski definition) is 1. The number of benzene rings is 1. The quantitative estimate of drug-likeness (QED) is 0.916. The number of aromatic nitrogens is 2. The summed E-state index contributed by atoms with van der Waals surface area (Å²) in [4.78, 5) is 0. The molecule has 0 radical (unpaired) electrons.